The Kier molecular flexibility index (Phi) is 3.55. The van der Waals surface area contributed by atoms with Crippen LogP contribution in [0.25, 0.3) is 0 Å². The molecular weight excluding hydrogens is 288 g/mol. The summed E-state index contributed by atoms with van der Waals surface area (Å²) in [6, 6.07) is 9.38. The molecule has 1 aliphatic heterocycles. The lowest BCUT2D eigenvalue weighted by molar-refractivity contribution is 0.357. The minimum Gasteiger partial charge on any atom is -0.493 e. The molecule has 0 fully saturated rings. The van der Waals surface area contributed by atoms with Crippen LogP contribution in [0.3, 0.4) is 0 Å². The van der Waals surface area contributed by atoms with Crippen LogP contribution < -0.4 is 10.1 Å². The van der Waals surface area contributed by atoms with Crippen molar-refractivity contribution in [3.63, 3.8) is 0 Å². The van der Waals surface area contributed by atoms with Crippen molar-refractivity contribution in [1.82, 2.24) is 4.98 Å². The summed E-state index contributed by atoms with van der Waals surface area (Å²) in [6.45, 7) is 1.41. The van der Waals surface area contributed by atoms with Crippen LogP contribution >= 0.6 is 0 Å². The van der Waals surface area contributed by atoms with Gasteiger partial charge in [0.2, 0.25) is 0 Å². The van der Waals surface area contributed by atoms with Crippen molar-refractivity contribution in [2.24, 2.45) is 0 Å². The first-order valence-corrected chi connectivity index (χ1v) is 8.56. The van der Waals surface area contributed by atoms with Gasteiger partial charge < -0.3 is 10.1 Å². The zero-order chi connectivity index (χ0) is 14.9. The van der Waals surface area contributed by atoms with Crippen LogP contribution in [0.1, 0.15) is 11.1 Å². The number of aromatic nitrogens is 1. The third-order valence-electron chi connectivity index (χ3n) is 3.37. The molecule has 1 aromatic carbocycles. The Morgan fingerprint density at radius 2 is 2.14 bits per heavy atom. The summed E-state index contributed by atoms with van der Waals surface area (Å²) < 4.78 is 28.1. The lowest BCUT2D eigenvalue weighted by atomic mass is 10.1. The quantitative estimate of drug-likeness (QED) is 0.936. The summed E-state index contributed by atoms with van der Waals surface area (Å²) in [6.07, 6.45) is 3.63. The standard InChI is InChI=1S/C15H16N2O3S/c1-21(18,19)15-5-3-13(10-17-15)16-9-11-2-4-14-12(8-11)6-7-20-14/h2-5,8,10,16H,6-7,9H2,1H3. The molecule has 0 atom stereocenters. The molecule has 0 radical (unpaired) electrons. The van der Waals surface area contributed by atoms with Gasteiger partial charge in [-0.2, -0.15) is 0 Å². The molecule has 0 saturated heterocycles. The van der Waals surface area contributed by atoms with Gasteiger partial charge in [-0.15, -0.1) is 0 Å². The van der Waals surface area contributed by atoms with Gasteiger partial charge in [-0.1, -0.05) is 12.1 Å². The van der Waals surface area contributed by atoms with Crippen LogP contribution in [0, 0.1) is 0 Å². The molecule has 0 unspecified atom stereocenters. The lowest BCUT2D eigenvalue weighted by Crippen LogP contribution is -2.03. The molecule has 1 N–H and O–H groups in total. The summed E-state index contributed by atoms with van der Waals surface area (Å²) in [5.41, 5.74) is 3.19. The average Bonchev–Trinajstić information content (AvgIpc) is 2.92. The number of hydrogen-bond donors (Lipinski definition) is 1. The monoisotopic (exact) mass is 304 g/mol. The molecule has 2 aromatic rings. The van der Waals surface area contributed by atoms with Gasteiger partial charge in [0, 0.05) is 19.2 Å². The van der Waals surface area contributed by atoms with Gasteiger partial charge in [0.25, 0.3) is 0 Å². The number of sulfone groups is 1. The van der Waals surface area contributed by atoms with Crippen molar-refractivity contribution in [3.05, 3.63) is 47.7 Å². The Balaban J connectivity index is 1.68. The molecule has 0 amide bonds. The molecule has 0 saturated carbocycles. The van der Waals surface area contributed by atoms with Crippen molar-refractivity contribution in [1.29, 1.82) is 0 Å². The van der Waals surface area contributed by atoms with Crippen LogP contribution in [0.15, 0.2) is 41.6 Å². The smallest absolute Gasteiger partial charge is 0.192 e. The Morgan fingerprint density at radius 3 is 2.86 bits per heavy atom. The van der Waals surface area contributed by atoms with Crippen molar-refractivity contribution in [2.45, 2.75) is 18.0 Å². The van der Waals surface area contributed by atoms with Crippen LogP contribution in [-0.2, 0) is 22.8 Å². The molecule has 21 heavy (non-hydrogen) atoms. The normalized spacial score (nSPS) is 13.6. The molecule has 0 spiro atoms. The summed E-state index contributed by atoms with van der Waals surface area (Å²) in [4.78, 5) is 3.95. The number of rotatable bonds is 4. The first-order chi connectivity index (χ1) is 10.0. The van der Waals surface area contributed by atoms with E-state index in [2.05, 4.69) is 16.4 Å². The van der Waals surface area contributed by atoms with E-state index in [-0.39, 0.29) is 5.03 Å². The fraction of sp³-hybridized carbons (Fsp3) is 0.267. The van der Waals surface area contributed by atoms with Gasteiger partial charge in [-0.05, 0) is 29.3 Å². The van der Waals surface area contributed by atoms with E-state index in [0.29, 0.717) is 6.54 Å². The summed E-state index contributed by atoms with van der Waals surface area (Å²) >= 11 is 0. The fourth-order valence-electron chi connectivity index (χ4n) is 2.26. The average molecular weight is 304 g/mol. The Labute approximate surface area is 123 Å². The van der Waals surface area contributed by atoms with Crippen molar-refractivity contribution >= 4 is 15.5 Å². The van der Waals surface area contributed by atoms with Gasteiger partial charge in [0.05, 0.1) is 18.5 Å². The number of hydrogen-bond acceptors (Lipinski definition) is 5. The lowest BCUT2D eigenvalue weighted by Gasteiger charge is -2.08. The largest absolute Gasteiger partial charge is 0.493 e. The highest BCUT2D eigenvalue weighted by Gasteiger charge is 2.12. The van der Waals surface area contributed by atoms with E-state index in [1.54, 1.807) is 6.07 Å². The van der Waals surface area contributed by atoms with Crippen LogP contribution in [-0.4, -0.2) is 26.3 Å². The van der Waals surface area contributed by atoms with Crippen LogP contribution in [0.5, 0.6) is 5.75 Å². The van der Waals surface area contributed by atoms with E-state index in [0.717, 1.165) is 36.3 Å². The van der Waals surface area contributed by atoms with Crippen LogP contribution in [0.4, 0.5) is 5.69 Å². The Morgan fingerprint density at radius 1 is 1.29 bits per heavy atom. The van der Waals surface area contributed by atoms with Crippen molar-refractivity contribution in [2.75, 3.05) is 18.2 Å². The fourth-order valence-corrected chi connectivity index (χ4v) is 2.82. The highest BCUT2D eigenvalue weighted by Crippen LogP contribution is 2.26. The second-order valence-corrected chi connectivity index (χ2v) is 7.01. The molecule has 3 rings (SSSR count). The zero-order valence-electron chi connectivity index (χ0n) is 11.7. The number of nitrogens with one attached hydrogen (secondary N) is 1. The van der Waals surface area contributed by atoms with Gasteiger partial charge in [0.1, 0.15) is 5.75 Å². The zero-order valence-corrected chi connectivity index (χ0v) is 12.5. The van der Waals surface area contributed by atoms with Crippen molar-refractivity contribution < 1.29 is 13.2 Å². The number of pyridine rings is 1. The van der Waals surface area contributed by atoms with Gasteiger partial charge in [-0.25, -0.2) is 13.4 Å². The topological polar surface area (TPSA) is 68.3 Å². The highest BCUT2D eigenvalue weighted by atomic mass is 32.2. The van der Waals surface area contributed by atoms with Crippen molar-refractivity contribution in [3.8, 4) is 5.75 Å². The molecule has 1 aromatic heterocycles. The Hall–Kier alpha value is -2.08. The summed E-state index contributed by atoms with van der Waals surface area (Å²) in [7, 11) is -3.25. The number of fused-ring (bicyclic) bond motifs is 1. The predicted molar refractivity (Wildman–Crippen MR) is 80.3 cm³/mol. The molecule has 5 nitrogen and oxygen atoms in total. The minimum absolute atomic E-state index is 0.0859. The van der Waals surface area contributed by atoms with E-state index in [4.69, 9.17) is 4.74 Å². The minimum atomic E-state index is -3.25. The second-order valence-electron chi connectivity index (χ2n) is 5.05. The maximum atomic E-state index is 11.3. The number of nitrogens with zero attached hydrogens (tertiary/aromatic N) is 1. The maximum absolute atomic E-state index is 11.3. The molecule has 0 bridgehead atoms. The summed E-state index contributed by atoms with van der Waals surface area (Å²) in [5.74, 6) is 0.970. The molecular formula is C15H16N2O3S. The SMILES string of the molecule is CS(=O)(=O)c1ccc(NCc2ccc3c(c2)CCO3)cn1. The first kappa shape index (κ1) is 13.9. The van der Waals surface area contributed by atoms with E-state index < -0.39 is 9.84 Å². The molecule has 2 heterocycles. The molecule has 0 aliphatic carbocycles. The first-order valence-electron chi connectivity index (χ1n) is 6.67. The van der Waals surface area contributed by atoms with Crippen LogP contribution in [0.2, 0.25) is 0 Å². The molecule has 110 valence electrons. The van der Waals surface area contributed by atoms with Gasteiger partial charge >= 0.3 is 0 Å². The summed E-state index contributed by atoms with van der Waals surface area (Å²) in [5, 5.41) is 3.32. The van der Waals surface area contributed by atoms with E-state index >= 15 is 0 Å². The number of ether oxygens (including phenoxy) is 1. The third kappa shape index (κ3) is 3.16. The van der Waals surface area contributed by atoms with E-state index in [1.165, 1.54) is 17.8 Å². The van der Waals surface area contributed by atoms with Gasteiger partial charge in [-0.3, -0.25) is 0 Å². The number of benzene rings is 1. The highest BCUT2D eigenvalue weighted by molar-refractivity contribution is 7.90. The number of anilines is 1. The second kappa shape index (κ2) is 5.37. The third-order valence-corrected chi connectivity index (χ3v) is 4.37. The van der Waals surface area contributed by atoms with Gasteiger partial charge in [0.15, 0.2) is 14.9 Å². The predicted octanol–water partition coefficient (Wildman–Crippen LogP) is 2.03. The molecule has 6 heteroatoms. The molecule has 1 aliphatic rings. The Bertz CT molecular complexity index is 755. The van der Waals surface area contributed by atoms with E-state index in [9.17, 15) is 8.42 Å². The van der Waals surface area contributed by atoms with E-state index in [1.807, 2.05) is 12.1 Å². The maximum Gasteiger partial charge on any atom is 0.192 e.